The summed E-state index contributed by atoms with van der Waals surface area (Å²) in [5, 5.41) is 0. The van der Waals surface area contributed by atoms with Crippen LogP contribution in [-0.2, 0) is 9.53 Å². The molecule has 2 aliphatic heterocycles. The van der Waals surface area contributed by atoms with Crippen LogP contribution in [0.15, 0.2) is 48.6 Å². The summed E-state index contributed by atoms with van der Waals surface area (Å²) in [6, 6.07) is 6.60. The number of aromatic nitrogens is 2. The Hall–Kier alpha value is -3.75. The maximum atomic E-state index is 14.0. The van der Waals surface area contributed by atoms with E-state index in [-0.39, 0.29) is 29.4 Å². The number of aryl methyl sites for hydroxylation is 1. The van der Waals surface area contributed by atoms with E-state index in [1.54, 1.807) is 30.5 Å². The van der Waals surface area contributed by atoms with Crippen LogP contribution in [0, 0.1) is 24.4 Å². The zero-order valence-electron chi connectivity index (χ0n) is 20.2. The molecule has 0 aliphatic carbocycles. The van der Waals surface area contributed by atoms with Crippen molar-refractivity contribution >= 4 is 12.0 Å². The van der Waals surface area contributed by atoms with Gasteiger partial charge in [-0.3, -0.25) is 4.79 Å². The number of hydrogen-bond donors (Lipinski definition) is 0. The predicted molar refractivity (Wildman–Crippen MR) is 127 cm³/mol. The largest absolute Gasteiger partial charge is 0.495 e. The van der Waals surface area contributed by atoms with Crippen molar-refractivity contribution in [1.29, 1.82) is 0 Å². The molecule has 3 aromatic rings. The fourth-order valence-electron chi connectivity index (χ4n) is 5.13. The van der Waals surface area contributed by atoms with Gasteiger partial charge in [-0.2, -0.15) is 0 Å². The lowest BCUT2D eigenvalue weighted by Gasteiger charge is -2.48. The van der Waals surface area contributed by atoms with Gasteiger partial charge in [0.25, 0.3) is 5.91 Å². The molecule has 6 nitrogen and oxygen atoms in total. The van der Waals surface area contributed by atoms with Gasteiger partial charge < -0.3 is 18.9 Å². The van der Waals surface area contributed by atoms with Crippen LogP contribution in [-0.4, -0.2) is 39.6 Å². The maximum absolute atomic E-state index is 14.0. The quantitative estimate of drug-likeness (QED) is 0.354. The third-order valence-corrected chi connectivity index (χ3v) is 6.85. The second kappa shape index (κ2) is 9.37. The van der Waals surface area contributed by atoms with E-state index < -0.39 is 23.5 Å². The Morgan fingerprint density at radius 1 is 1.14 bits per heavy atom. The summed E-state index contributed by atoms with van der Waals surface area (Å²) in [6.07, 6.45) is 6.84. The number of halogens is 3. The summed E-state index contributed by atoms with van der Waals surface area (Å²) >= 11 is 0. The Balaban J connectivity index is 1.49. The minimum atomic E-state index is -1.52. The van der Waals surface area contributed by atoms with Crippen LogP contribution in [0.5, 0.6) is 5.75 Å². The number of methoxy groups -OCH3 is 1. The molecule has 0 bridgehead atoms. The molecule has 5 rings (SSSR count). The molecule has 0 spiro atoms. The number of fused-ring (bicyclic) bond motifs is 1. The minimum absolute atomic E-state index is 0.127. The Bertz CT molecular complexity index is 1330. The molecular formula is C27H26F3N3O3. The fraction of sp³-hybridized carbons (Fsp3) is 0.333. The number of hydrogen-bond acceptors (Lipinski definition) is 4. The van der Waals surface area contributed by atoms with Crippen molar-refractivity contribution in [2.75, 3.05) is 7.11 Å². The molecule has 0 N–H and O–H groups in total. The Morgan fingerprint density at radius 2 is 1.89 bits per heavy atom. The van der Waals surface area contributed by atoms with Gasteiger partial charge in [-0.05, 0) is 74.6 Å². The van der Waals surface area contributed by atoms with Gasteiger partial charge in [0.15, 0.2) is 23.2 Å². The second-order valence-electron chi connectivity index (χ2n) is 9.21. The van der Waals surface area contributed by atoms with E-state index in [0.29, 0.717) is 24.2 Å². The van der Waals surface area contributed by atoms with Gasteiger partial charge in [-0.25, -0.2) is 18.2 Å². The number of carbonyl (C=O) groups excluding carboxylic acids is 1. The van der Waals surface area contributed by atoms with Crippen LogP contribution in [0.1, 0.15) is 49.0 Å². The average Bonchev–Trinajstić information content (AvgIpc) is 3.30. The molecule has 1 amide bonds. The maximum Gasteiger partial charge on any atom is 0.289 e. The Morgan fingerprint density at radius 3 is 2.56 bits per heavy atom. The lowest BCUT2D eigenvalue weighted by atomic mass is 9.87. The molecule has 0 radical (unpaired) electrons. The van der Waals surface area contributed by atoms with Crippen LogP contribution < -0.4 is 4.74 Å². The molecule has 1 aromatic heterocycles. The number of ether oxygens (including phenoxy) is 2. The zero-order chi connectivity index (χ0) is 25.6. The highest BCUT2D eigenvalue weighted by atomic mass is 19.2. The smallest absolute Gasteiger partial charge is 0.289 e. The predicted octanol–water partition coefficient (Wildman–Crippen LogP) is 5.49. The first-order valence-electron chi connectivity index (χ1n) is 11.8. The normalized spacial score (nSPS) is 22.9. The van der Waals surface area contributed by atoms with Crippen molar-refractivity contribution in [2.24, 2.45) is 0 Å². The van der Waals surface area contributed by atoms with Crippen molar-refractivity contribution in [1.82, 2.24) is 14.5 Å². The number of piperidine rings is 1. The van der Waals surface area contributed by atoms with Crippen LogP contribution >= 0.6 is 0 Å². The van der Waals surface area contributed by atoms with Crippen molar-refractivity contribution < 1.29 is 27.4 Å². The summed E-state index contributed by atoms with van der Waals surface area (Å²) in [5.41, 5.74) is 2.58. The van der Waals surface area contributed by atoms with Gasteiger partial charge in [0.2, 0.25) is 0 Å². The number of amides is 1. The van der Waals surface area contributed by atoms with Gasteiger partial charge in [-0.1, -0.05) is 6.07 Å². The van der Waals surface area contributed by atoms with Gasteiger partial charge >= 0.3 is 0 Å². The van der Waals surface area contributed by atoms with Crippen molar-refractivity contribution in [2.45, 2.75) is 51.3 Å². The van der Waals surface area contributed by atoms with Crippen molar-refractivity contribution in [3.05, 3.63) is 82.9 Å². The zero-order valence-corrected chi connectivity index (χ0v) is 20.2. The van der Waals surface area contributed by atoms with Crippen LogP contribution in [0.4, 0.5) is 13.2 Å². The summed E-state index contributed by atoms with van der Waals surface area (Å²) in [4.78, 5) is 19.5. The highest BCUT2D eigenvalue weighted by Gasteiger charge is 2.44. The first-order chi connectivity index (χ1) is 17.3. The SMILES string of the molecule is COc1cc(/C=C2\O[C@@H](C)C3CCCC(c4cc(F)c(F)c(F)c4)N3C2=O)ccc1-n1cnc(C)c1. The monoisotopic (exact) mass is 497 g/mol. The fourth-order valence-corrected chi connectivity index (χ4v) is 5.13. The lowest BCUT2D eigenvalue weighted by Crippen LogP contribution is -2.55. The van der Waals surface area contributed by atoms with Crippen LogP contribution in [0.2, 0.25) is 0 Å². The van der Waals surface area contributed by atoms with Crippen molar-refractivity contribution in [3.8, 4) is 11.4 Å². The van der Waals surface area contributed by atoms with Gasteiger partial charge in [0.05, 0.1) is 36.9 Å². The van der Waals surface area contributed by atoms with Gasteiger partial charge in [0, 0.05) is 6.20 Å². The first kappa shape index (κ1) is 24.0. The first-order valence-corrected chi connectivity index (χ1v) is 11.8. The highest BCUT2D eigenvalue weighted by Crippen LogP contribution is 2.41. The molecule has 3 heterocycles. The summed E-state index contributed by atoms with van der Waals surface area (Å²) in [6.45, 7) is 3.77. The average molecular weight is 498 g/mol. The van der Waals surface area contributed by atoms with Crippen molar-refractivity contribution in [3.63, 3.8) is 0 Å². The van der Waals surface area contributed by atoms with Crippen LogP contribution in [0.3, 0.4) is 0 Å². The number of imidazole rings is 1. The molecule has 2 aromatic carbocycles. The van der Waals surface area contributed by atoms with Crippen LogP contribution in [0.25, 0.3) is 11.8 Å². The Kier molecular flexibility index (Phi) is 6.24. The lowest BCUT2D eigenvalue weighted by molar-refractivity contribution is -0.153. The standard InChI is InChI=1S/C27H26F3N3O3/c1-15-13-32(14-31-15)23-8-7-17(9-24(23)35-3)10-25-27(34)33-21(16(2)36-25)5-4-6-22(33)18-11-19(28)26(30)20(29)12-18/h7-14,16,21-22H,4-6H2,1-3H3/b25-10-/t16-,21?,22?/m0/s1. The molecule has 9 heteroatoms. The van der Waals surface area contributed by atoms with E-state index in [1.165, 1.54) is 0 Å². The number of benzene rings is 2. The molecule has 2 saturated heterocycles. The van der Waals surface area contributed by atoms with E-state index in [9.17, 15) is 18.0 Å². The third kappa shape index (κ3) is 4.23. The summed E-state index contributed by atoms with van der Waals surface area (Å²) in [7, 11) is 1.56. The van der Waals surface area contributed by atoms with E-state index in [2.05, 4.69) is 4.98 Å². The highest BCUT2D eigenvalue weighted by molar-refractivity contribution is 5.97. The second-order valence-corrected chi connectivity index (χ2v) is 9.21. The number of nitrogens with zero attached hydrogens (tertiary/aromatic N) is 3. The van der Waals surface area contributed by atoms with Gasteiger partial charge in [-0.15, -0.1) is 0 Å². The number of morpholine rings is 1. The van der Waals surface area contributed by atoms with E-state index in [1.807, 2.05) is 36.7 Å². The number of carbonyl (C=O) groups is 1. The Labute approximate surface area is 207 Å². The van der Waals surface area contributed by atoms with E-state index in [0.717, 1.165) is 29.9 Å². The third-order valence-electron chi connectivity index (χ3n) is 6.85. The molecular weight excluding hydrogens is 471 g/mol. The molecule has 3 atom stereocenters. The summed E-state index contributed by atoms with van der Waals surface area (Å²) < 4.78 is 55.0. The number of rotatable bonds is 4. The molecule has 188 valence electrons. The minimum Gasteiger partial charge on any atom is -0.495 e. The molecule has 2 aliphatic rings. The van der Waals surface area contributed by atoms with E-state index >= 15 is 0 Å². The molecule has 0 saturated carbocycles. The molecule has 36 heavy (non-hydrogen) atoms. The molecule has 2 unspecified atom stereocenters. The molecule has 2 fully saturated rings. The summed E-state index contributed by atoms with van der Waals surface area (Å²) in [5.74, 6) is -3.71. The topological polar surface area (TPSA) is 56.6 Å². The van der Waals surface area contributed by atoms with E-state index in [4.69, 9.17) is 9.47 Å². The van der Waals surface area contributed by atoms with Gasteiger partial charge in [0.1, 0.15) is 11.9 Å².